The number of ether oxygens (including phenoxy) is 3. The van der Waals surface area contributed by atoms with Crippen molar-refractivity contribution in [1.82, 2.24) is 9.55 Å². The minimum atomic E-state index is -3.13. The first-order valence-corrected chi connectivity index (χ1v) is 11.1. The number of anilines is 1. The Hall–Kier alpha value is -2.89. The van der Waals surface area contributed by atoms with E-state index in [1.54, 1.807) is 54.6 Å². The molecule has 11 heteroatoms. The molecule has 4 rings (SSSR count). The summed E-state index contributed by atoms with van der Waals surface area (Å²) in [5.74, 6) is -0.233. The number of rotatable bonds is 9. The van der Waals surface area contributed by atoms with E-state index in [2.05, 4.69) is 4.98 Å². The normalized spacial score (nSPS) is 24.2. The standard InChI is InChI=1S/C24H24ClF2N3O5/c25-17-11-30(23(32)29-20(17)28)21-18(31)19(34-13-16-9-5-2-6-10-16)24(35-21,22(26)27)14-33-12-15-7-3-1-4-8-15/h1-11,18-19,21-22,31H,12-14H2,(H2,28,29,32). The first kappa shape index (κ1) is 25.2. The number of nitrogen functional groups attached to an aromatic ring is 1. The van der Waals surface area contributed by atoms with Gasteiger partial charge in [-0.15, -0.1) is 0 Å². The SMILES string of the molecule is Nc1nc(=O)n(C2OC(COCc3ccccc3)(C(F)F)C(OCc3ccccc3)C2O)cc1Cl. The maximum Gasteiger partial charge on any atom is 0.351 e. The summed E-state index contributed by atoms with van der Waals surface area (Å²) in [7, 11) is 0. The van der Waals surface area contributed by atoms with Gasteiger partial charge in [-0.25, -0.2) is 13.6 Å². The number of halogens is 3. The number of nitrogens with two attached hydrogens (primary N) is 1. The van der Waals surface area contributed by atoms with E-state index in [-0.39, 0.29) is 24.1 Å². The van der Waals surface area contributed by atoms with Crippen LogP contribution >= 0.6 is 11.6 Å². The molecule has 1 saturated heterocycles. The Labute approximate surface area is 204 Å². The van der Waals surface area contributed by atoms with E-state index >= 15 is 0 Å². The molecule has 8 nitrogen and oxygen atoms in total. The quantitative estimate of drug-likeness (QED) is 0.458. The first-order chi connectivity index (χ1) is 16.8. The van der Waals surface area contributed by atoms with Gasteiger partial charge in [-0.1, -0.05) is 72.3 Å². The van der Waals surface area contributed by atoms with Gasteiger partial charge < -0.3 is 25.1 Å². The number of hydrogen-bond donors (Lipinski definition) is 2. The Bertz CT molecular complexity index is 1180. The number of aliphatic hydroxyl groups is 1. The summed E-state index contributed by atoms with van der Waals surface area (Å²) >= 11 is 5.99. The number of nitrogens with zero attached hydrogens (tertiary/aromatic N) is 2. The Morgan fingerprint density at radius 2 is 1.71 bits per heavy atom. The molecule has 0 saturated carbocycles. The van der Waals surface area contributed by atoms with E-state index in [9.17, 15) is 18.7 Å². The van der Waals surface area contributed by atoms with Gasteiger partial charge in [-0.2, -0.15) is 4.98 Å². The van der Waals surface area contributed by atoms with Crippen molar-refractivity contribution in [2.45, 2.75) is 43.7 Å². The van der Waals surface area contributed by atoms with Gasteiger partial charge in [0.15, 0.2) is 11.8 Å². The predicted octanol–water partition coefficient (Wildman–Crippen LogP) is 3.17. The lowest BCUT2D eigenvalue weighted by atomic mass is 9.96. The predicted molar refractivity (Wildman–Crippen MR) is 124 cm³/mol. The molecule has 1 aromatic heterocycles. The zero-order valence-electron chi connectivity index (χ0n) is 18.5. The van der Waals surface area contributed by atoms with Crippen LogP contribution in [-0.2, 0) is 27.4 Å². The second-order valence-electron chi connectivity index (χ2n) is 8.11. The van der Waals surface area contributed by atoms with Crippen LogP contribution in [0.25, 0.3) is 0 Å². The molecule has 186 valence electrons. The number of aliphatic hydroxyl groups excluding tert-OH is 1. The van der Waals surface area contributed by atoms with Crippen LogP contribution in [0.1, 0.15) is 17.4 Å². The Morgan fingerprint density at radius 1 is 1.11 bits per heavy atom. The highest BCUT2D eigenvalue weighted by molar-refractivity contribution is 6.32. The topological polar surface area (TPSA) is 109 Å². The average Bonchev–Trinajstić information content (AvgIpc) is 3.13. The molecule has 3 N–H and O–H groups in total. The average molecular weight is 508 g/mol. The van der Waals surface area contributed by atoms with Crippen molar-refractivity contribution >= 4 is 17.4 Å². The lowest BCUT2D eigenvalue weighted by Crippen LogP contribution is -2.53. The van der Waals surface area contributed by atoms with Crippen molar-refractivity contribution < 1.29 is 28.1 Å². The van der Waals surface area contributed by atoms with Gasteiger partial charge in [0.2, 0.25) is 0 Å². The summed E-state index contributed by atoms with van der Waals surface area (Å²) in [6.07, 6.45) is -6.84. The van der Waals surface area contributed by atoms with E-state index in [1.807, 2.05) is 6.07 Å². The first-order valence-electron chi connectivity index (χ1n) is 10.8. The Kier molecular flexibility index (Phi) is 7.78. The van der Waals surface area contributed by atoms with Gasteiger partial charge >= 0.3 is 5.69 Å². The molecule has 0 bridgehead atoms. The lowest BCUT2D eigenvalue weighted by molar-refractivity contribution is -0.215. The number of benzene rings is 2. The number of aromatic nitrogens is 2. The minimum Gasteiger partial charge on any atom is -0.386 e. The van der Waals surface area contributed by atoms with Gasteiger partial charge in [0.1, 0.15) is 18.0 Å². The summed E-state index contributed by atoms with van der Waals surface area (Å²) in [4.78, 5) is 16.0. The monoisotopic (exact) mass is 507 g/mol. The molecule has 1 aliphatic rings. The van der Waals surface area contributed by atoms with Crippen molar-refractivity contribution in [2.24, 2.45) is 0 Å². The van der Waals surface area contributed by atoms with E-state index < -0.39 is 42.8 Å². The van der Waals surface area contributed by atoms with Crippen LogP contribution in [0.5, 0.6) is 0 Å². The van der Waals surface area contributed by atoms with E-state index in [0.29, 0.717) is 5.56 Å². The molecule has 0 radical (unpaired) electrons. The van der Waals surface area contributed by atoms with Crippen molar-refractivity contribution in [3.8, 4) is 0 Å². The molecule has 2 aromatic carbocycles. The zero-order chi connectivity index (χ0) is 25.0. The second-order valence-corrected chi connectivity index (χ2v) is 8.52. The molecule has 4 unspecified atom stereocenters. The molecular weight excluding hydrogens is 484 g/mol. The van der Waals surface area contributed by atoms with Crippen LogP contribution in [0.2, 0.25) is 5.02 Å². The molecule has 0 amide bonds. The summed E-state index contributed by atoms with van der Waals surface area (Å²) in [6.45, 7) is -0.668. The van der Waals surface area contributed by atoms with Gasteiger partial charge in [0.25, 0.3) is 6.43 Å². The molecule has 1 aliphatic heterocycles. The van der Waals surface area contributed by atoms with E-state index in [4.69, 9.17) is 31.5 Å². The van der Waals surface area contributed by atoms with Crippen molar-refractivity contribution in [2.75, 3.05) is 12.3 Å². The third-order valence-electron chi connectivity index (χ3n) is 5.71. The van der Waals surface area contributed by atoms with Gasteiger partial charge in [-0.3, -0.25) is 4.57 Å². The van der Waals surface area contributed by atoms with E-state index in [0.717, 1.165) is 16.3 Å². The molecule has 3 aromatic rings. The van der Waals surface area contributed by atoms with Crippen LogP contribution in [0.4, 0.5) is 14.6 Å². The highest BCUT2D eigenvalue weighted by Gasteiger charge is 2.62. The highest BCUT2D eigenvalue weighted by atomic mass is 35.5. The van der Waals surface area contributed by atoms with Crippen LogP contribution < -0.4 is 11.4 Å². The lowest BCUT2D eigenvalue weighted by Gasteiger charge is -2.33. The molecule has 2 heterocycles. The van der Waals surface area contributed by atoms with Crippen LogP contribution in [-0.4, -0.2) is 45.5 Å². The maximum absolute atomic E-state index is 14.7. The Morgan fingerprint density at radius 3 is 2.31 bits per heavy atom. The highest BCUT2D eigenvalue weighted by Crippen LogP contribution is 2.43. The minimum absolute atomic E-state index is 0.0278. The number of hydrogen-bond acceptors (Lipinski definition) is 7. The molecule has 4 atom stereocenters. The van der Waals surface area contributed by atoms with Crippen LogP contribution in [0, 0.1) is 0 Å². The summed E-state index contributed by atoms with van der Waals surface area (Å²) in [5, 5.41) is 11.0. The van der Waals surface area contributed by atoms with Gasteiger partial charge in [0, 0.05) is 6.20 Å². The van der Waals surface area contributed by atoms with Gasteiger partial charge in [-0.05, 0) is 11.1 Å². The summed E-state index contributed by atoms with van der Waals surface area (Å²) in [5.41, 5.74) is 3.71. The maximum atomic E-state index is 14.7. The van der Waals surface area contributed by atoms with E-state index in [1.165, 1.54) is 0 Å². The van der Waals surface area contributed by atoms with Crippen LogP contribution in [0.3, 0.4) is 0 Å². The fourth-order valence-electron chi connectivity index (χ4n) is 3.92. The zero-order valence-corrected chi connectivity index (χ0v) is 19.2. The smallest absolute Gasteiger partial charge is 0.351 e. The fraction of sp³-hybridized carbons (Fsp3) is 0.333. The third-order valence-corrected chi connectivity index (χ3v) is 6.00. The molecule has 0 spiro atoms. The van der Waals surface area contributed by atoms with Crippen molar-refractivity contribution in [1.29, 1.82) is 0 Å². The van der Waals surface area contributed by atoms with Crippen LogP contribution in [0.15, 0.2) is 71.7 Å². The molecule has 35 heavy (non-hydrogen) atoms. The molecule has 1 fully saturated rings. The number of alkyl halides is 2. The molecule has 0 aliphatic carbocycles. The largest absolute Gasteiger partial charge is 0.386 e. The van der Waals surface area contributed by atoms with Crippen molar-refractivity contribution in [3.63, 3.8) is 0 Å². The summed E-state index contributed by atoms with van der Waals surface area (Å²) < 4.78 is 47.2. The van der Waals surface area contributed by atoms with Crippen molar-refractivity contribution in [3.05, 3.63) is 93.5 Å². The third kappa shape index (κ3) is 5.36. The fourth-order valence-corrected chi connectivity index (χ4v) is 4.07. The second kappa shape index (κ2) is 10.8. The van der Waals surface area contributed by atoms with Gasteiger partial charge in [0.05, 0.1) is 24.8 Å². The Balaban J connectivity index is 1.65. The molecular formula is C24H24ClF2N3O5. The summed E-state index contributed by atoms with van der Waals surface area (Å²) in [6, 6.07) is 17.8.